The van der Waals surface area contributed by atoms with Crippen LogP contribution in [-0.2, 0) is 6.54 Å². The first-order chi connectivity index (χ1) is 7.16. The van der Waals surface area contributed by atoms with Crippen LogP contribution in [0.25, 0.3) is 0 Å². The minimum absolute atomic E-state index is 0.787. The van der Waals surface area contributed by atoms with E-state index in [4.69, 9.17) is 5.73 Å². The highest BCUT2D eigenvalue weighted by Gasteiger charge is 2.21. The van der Waals surface area contributed by atoms with Crippen LogP contribution in [0.2, 0.25) is 0 Å². The Balaban J connectivity index is 2.00. The third kappa shape index (κ3) is 2.52. The fourth-order valence-electron chi connectivity index (χ4n) is 1.94. The van der Waals surface area contributed by atoms with E-state index in [-0.39, 0.29) is 0 Å². The van der Waals surface area contributed by atoms with E-state index in [9.17, 15) is 0 Å². The molecule has 1 aromatic carbocycles. The first-order valence-corrected chi connectivity index (χ1v) is 6.20. The van der Waals surface area contributed by atoms with Gasteiger partial charge in [-0.3, -0.25) is 4.90 Å². The van der Waals surface area contributed by atoms with E-state index in [0.29, 0.717) is 0 Å². The fraction of sp³-hybridized carbons (Fsp3) is 0.500. The predicted molar refractivity (Wildman–Crippen MR) is 67.7 cm³/mol. The van der Waals surface area contributed by atoms with Crippen LogP contribution in [0.1, 0.15) is 24.8 Å². The highest BCUT2D eigenvalue weighted by atomic mass is 79.9. The van der Waals surface area contributed by atoms with E-state index in [1.54, 1.807) is 0 Å². The SMILES string of the molecule is CN(Cc1ccc(Br)c(N)c1)C1CCC1. The quantitative estimate of drug-likeness (QED) is 0.855. The fourth-order valence-corrected chi connectivity index (χ4v) is 2.18. The molecule has 1 fully saturated rings. The van der Waals surface area contributed by atoms with Gasteiger partial charge in [-0.1, -0.05) is 12.5 Å². The summed E-state index contributed by atoms with van der Waals surface area (Å²) in [5.41, 5.74) is 7.98. The zero-order valence-corrected chi connectivity index (χ0v) is 10.6. The zero-order valence-electron chi connectivity index (χ0n) is 9.04. The van der Waals surface area contributed by atoms with Crippen molar-refractivity contribution in [1.82, 2.24) is 4.90 Å². The summed E-state index contributed by atoms with van der Waals surface area (Å²) in [6, 6.07) is 7.00. The lowest BCUT2D eigenvalue weighted by Gasteiger charge is -2.34. The second-order valence-electron chi connectivity index (χ2n) is 4.36. The number of hydrogen-bond acceptors (Lipinski definition) is 2. The number of nitrogens with zero attached hydrogens (tertiary/aromatic N) is 1. The Morgan fingerprint density at radius 3 is 2.73 bits per heavy atom. The molecule has 0 spiro atoms. The number of hydrogen-bond donors (Lipinski definition) is 1. The van der Waals surface area contributed by atoms with E-state index in [2.05, 4.69) is 40.0 Å². The van der Waals surface area contributed by atoms with Gasteiger partial charge in [-0.05, 0) is 53.5 Å². The molecule has 0 radical (unpaired) electrons. The van der Waals surface area contributed by atoms with Crippen molar-refractivity contribution in [2.45, 2.75) is 31.8 Å². The molecule has 1 aliphatic rings. The highest BCUT2D eigenvalue weighted by Crippen LogP contribution is 2.26. The predicted octanol–water partition coefficient (Wildman–Crippen LogP) is 3.02. The summed E-state index contributed by atoms with van der Waals surface area (Å²) in [5.74, 6) is 0. The molecule has 0 unspecified atom stereocenters. The Morgan fingerprint density at radius 2 is 2.20 bits per heavy atom. The molecule has 0 bridgehead atoms. The van der Waals surface area contributed by atoms with E-state index < -0.39 is 0 Å². The first-order valence-electron chi connectivity index (χ1n) is 5.41. The van der Waals surface area contributed by atoms with Crippen LogP contribution in [0.5, 0.6) is 0 Å². The summed E-state index contributed by atoms with van der Waals surface area (Å²) in [7, 11) is 2.20. The Bertz CT molecular complexity index is 347. The summed E-state index contributed by atoms with van der Waals surface area (Å²) in [6.45, 7) is 1.00. The van der Waals surface area contributed by atoms with E-state index in [1.807, 2.05) is 6.07 Å². The Kier molecular flexibility index (Phi) is 3.32. The van der Waals surface area contributed by atoms with Crippen LogP contribution >= 0.6 is 15.9 Å². The van der Waals surface area contributed by atoms with Crippen LogP contribution in [-0.4, -0.2) is 18.0 Å². The lowest BCUT2D eigenvalue weighted by molar-refractivity contribution is 0.152. The number of nitrogen functional groups attached to an aromatic ring is 1. The second-order valence-corrected chi connectivity index (χ2v) is 5.21. The van der Waals surface area contributed by atoms with Crippen molar-refractivity contribution in [3.8, 4) is 0 Å². The van der Waals surface area contributed by atoms with E-state index in [0.717, 1.165) is 22.7 Å². The van der Waals surface area contributed by atoms with Crippen LogP contribution < -0.4 is 5.73 Å². The standard InChI is InChI=1S/C12H17BrN2/c1-15(10-3-2-4-10)8-9-5-6-11(13)12(14)7-9/h5-7,10H,2-4,8,14H2,1H3. The van der Waals surface area contributed by atoms with Crippen LogP contribution in [0, 0.1) is 0 Å². The number of halogens is 1. The third-order valence-electron chi connectivity index (χ3n) is 3.19. The van der Waals surface area contributed by atoms with Gasteiger partial charge in [-0.25, -0.2) is 0 Å². The number of nitrogens with two attached hydrogens (primary N) is 1. The van der Waals surface area contributed by atoms with Gasteiger partial charge in [-0.2, -0.15) is 0 Å². The summed E-state index contributed by atoms with van der Waals surface area (Å²) in [5, 5.41) is 0. The minimum atomic E-state index is 0.787. The largest absolute Gasteiger partial charge is 0.398 e. The Labute approximate surface area is 99.6 Å². The highest BCUT2D eigenvalue weighted by molar-refractivity contribution is 9.10. The van der Waals surface area contributed by atoms with Gasteiger partial charge in [0.25, 0.3) is 0 Å². The molecule has 1 saturated carbocycles. The number of benzene rings is 1. The molecule has 0 aromatic heterocycles. The maximum absolute atomic E-state index is 5.85. The molecule has 0 saturated heterocycles. The van der Waals surface area contributed by atoms with Crippen molar-refractivity contribution in [2.75, 3.05) is 12.8 Å². The Morgan fingerprint density at radius 1 is 1.47 bits per heavy atom. The lowest BCUT2D eigenvalue weighted by Crippen LogP contribution is -2.36. The molecule has 0 aliphatic heterocycles. The Hall–Kier alpha value is -0.540. The topological polar surface area (TPSA) is 29.3 Å². The molecular formula is C12H17BrN2. The first kappa shape index (κ1) is 11.0. The van der Waals surface area contributed by atoms with Crippen molar-refractivity contribution < 1.29 is 0 Å². The molecule has 1 aliphatic carbocycles. The van der Waals surface area contributed by atoms with Gasteiger partial charge < -0.3 is 5.73 Å². The van der Waals surface area contributed by atoms with Crippen molar-refractivity contribution in [1.29, 1.82) is 0 Å². The van der Waals surface area contributed by atoms with Crippen LogP contribution in [0.15, 0.2) is 22.7 Å². The van der Waals surface area contributed by atoms with Gasteiger partial charge in [0.05, 0.1) is 0 Å². The molecule has 2 nitrogen and oxygen atoms in total. The molecule has 0 atom stereocenters. The maximum Gasteiger partial charge on any atom is 0.0461 e. The van der Waals surface area contributed by atoms with Gasteiger partial charge in [0.1, 0.15) is 0 Å². The molecule has 15 heavy (non-hydrogen) atoms. The minimum Gasteiger partial charge on any atom is -0.398 e. The van der Waals surface area contributed by atoms with Crippen LogP contribution in [0.4, 0.5) is 5.69 Å². The van der Waals surface area contributed by atoms with Gasteiger partial charge in [-0.15, -0.1) is 0 Å². The van der Waals surface area contributed by atoms with Gasteiger partial charge in [0.15, 0.2) is 0 Å². The molecule has 3 heteroatoms. The average molecular weight is 269 g/mol. The van der Waals surface area contributed by atoms with Gasteiger partial charge in [0, 0.05) is 22.7 Å². The van der Waals surface area contributed by atoms with Crippen molar-refractivity contribution in [2.24, 2.45) is 0 Å². The van der Waals surface area contributed by atoms with Gasteiger partial charge in [0.2, 0.25) is 0 Å². The van der Waals surface area contributed by atoms with Gasteiger partial charge >= 0.3 is 0 Å². The number of rotatable bonds is 3. The average Bonchev–Trinajstić information content (AvgIpc) is 2.08. The van der Waals surface area contributed by atoms with E-state index >= 15 is 0 Å². The number of anilines is 1. The lowest BCUT2D eigenvalue weighted by atomic mass is 9.91. The summed E-state index contributed by atoms with van der Waals surface area (Å²) >= 11 is 3.41. The molecule has 2 N–H and O–H groups in total. The summed E-state index contributed by atoms with van der Waals surface area (Å²) < 4.78 is 0.984. The molecule has 2 rings (SSSR count). The summed E-state index contributed by atoms with van der Waals surface area (Å²) in [4.78, 5) is 2.42. The van der Waals surface area contributed by atoms with Crippen molar-refractivity contribution in [3.05, 3.63) is 28.2 Å². The molecule has 1 aromatic rings. The molecular weight excluding hydrogens is 252 g/mol. The monoisotopic (exact) mass is 268 g/mol. The van der Waals surface area contributed by atoms with Crippen molar-refractivity contribution in [3.63, 3.8) is 0 Å². The molecule has 0 amide bonds. The maximum atomic E-state index is 5.85. The molecule has 0 heterocycles. The van der Waals surface area contributed by atoms with E-state index in [1.165, 1.54) is 24.8 Å². The second kappa shape index (κ2) is 4.54. The van der Waals surface area contributed by atoms with Crippen LogP contribution in [0.3, 0.4) is 0 Å². The molecule has 82 valence electrons. The normalized spacial score (nSPS) is 16.7. The summed E-state index contributed by atoms with van der Waals surface area (Å²) in [6.07, 6.45) is 4.09. The zero-order chi connectivity index (χ0) is 10.8. The smallest absolute Gasteiger partial charge is 0.0461 e. The third-order valence-corrected chi connectivity index (χ3v) is 3.91. The van der Waals surface area contributed by atoms with Crippen molar-refractivity contribution >= 4 is 21.6 Å².